The number of hydrogen-bond donors (Lipinski definition) is 0. The summed E-state index contributed by atoms with van der Waals surface area (Å²) in [6.07, 6.45) is 17.6. The average Bonchev–Trinajstić information content (AvgIpc) is 2.64. The van der Waals surface area contributed by atoms with E-state index in [0.29, 0.717) is 0 Å². The molecule has 1 aromatic carbocycles. The second-order valence-electron chi connectivity index (χ2n) is 8.27. The van der Waals surface area contributed by atoms with E-state index < -0.39 is 11.6 Å². The molecule has 0 spiro atoms. The van der Waals surface area contributed by atoms with E-state index in [2.05, 4.69) is 19.1 Å². The molecule has 0 saturated heterocycles. The highest BCUT2D eigenvalue weighted by Gasteiger charge is 2.30. The van der Waals surface area contributed by atoms with Gasteiger partial charge in [-0.1, -0.05) is 31.1 Å². The Morgan fingerprint density at radius 2 is 1.52 bits per heavy atom. The molecule has 0 aliphatic heterocycles. The van der Waals surface area contributed by atoms with Crippen LogP contribution in [0.15, 0.2) is 30.4 Å². The van der Waals surface area contributed by atoms with Crippen molar-refractivity contribution < 1.29 is 8.78 Å². The Bertz CT molecular complexity index is 561. The number of allylic oxidation sites excluding steroid dienone is 2. The van der Waals surface area contributed by atoms with Crippen molar-refractivity contribution in [2.24, 2.45) is 23.7 Å². The lowest BCUT2D eigenvalue weighted by Crippen LogP contribution is -2.25. The topological polar surface area (TPSA) is 0 Å². The number of hydrogen-bond acceptors (Lipinski definition) is 0. The largest absolute Gasteiger partial charge is 0.204 e. The summed E-state index contributed by atoms with van der Waals surface area (Å²) in [6, 6.07) is 4.35. The Balaban J connectivity index is 1.39. The molecule has 2 aliphatic rings. The van der Waals surface area contributed by atoms with E-state index in [-0.39, 0.29) is 0 Å². The molecule has 0 amide bonds. The SMILES string of the molecule is CC=C[C@H]1CC[C@H]([C@H]2CC[C@H](CCc3ccc(F)c(F)c3)CC2)CC1. The van der Waals surface area contributed by atoms with Gasteiger partial charge in [0.05, 0.1) is 0 Å². The lowest BCUT2D eigenvalue weighted by atomic mass is 9.68. The van der Waals surface area contributed by atoms with Crippen molar-refractivity contribution in [3.8, 4) is 0 Å². The minimum atomic E-state index is -0.742. The van der Waals surface area contributed by atoms with Crippen LogP contribution in [0.3, 0.4) is 0 Å². The Hall–Kier alpha value is -1.18. The van der Waals surface area contributed by atoms with E-state index in [9.17, 15) is 8.78 Å². The highest BCUT2D eigenvalue weighted by molar-refractivity contribution is 5.17. The second-order valence-corrected chi connectivity index (χ2v) is 8.27. The van der Waals surface area contributed by atoms with Crippen molar-refractivity contribution in [3.05, 3.63) is 47.5 Å². The third-order valence-electron chi connectivity index (χ3n) is 6.66. The third kappa shape index (κ3) is 5.15. The highest BCUT2D eigenvalue weighted by atomic mass is 19.2. The molecule has 0 bridgehead atoms. The van der Waals surface area contributed by atoms with Gasteiger partial charge in [0.15, 0.2) is 11.6 Å². The predicted molar refractivity (Wildman–Crippen MR) is 100 cm³/mol. The van der Waals surface area contributed by atoms with Gasteiger partial charge in [-0.15, -0.1) is 0 Å². The number of benzene rings is 1. The summed E-state index contributed by atoms with van der Waals surface area (Å²) >= 11 is 0. The summed E-state index contributed by atoms with van der Waals surface area (Å²) in [5, 5.41) is 0. The molecule has 0 unspecified atom stereocenters. The summed E-state index contributed by atoms with van der Waals surface area (Å²) < 4.78 is 26.3. The fourth-order valence-electron chi connectivity index (χ4n) is 5.10. The summed E-state index contributed by atoms with van der Waals surface area (Å²) in [5.74, 6) is 2.03. The number of halogens is 2. The third-order valence-corrected chi connectivity index (χ3v) is 6.66. The molecule has 2 fully saturated rings. The van der Waals surface area contributed by atoms with E-state index in [1.807, 2.05) is 0 Å². The molecule has 138 valence electrons. The fraction of sp³-hybridized carbons (Fsp3) is 0.652. The average molecular weight is 347 g/mol. The van der Waals surface area contributed by atoms with Gasteiger partial charge in [0.1, 0.15) is 0 Å². The molecular formula is C23H32F2. The molecule has 2 aliphatic carbocycles. The van der Waals surface area contributed by atoms with Gasteiger partial charge in [-0.3, -0.25) is 0 Å². The lowest BCUT2D eigenvalue weighted by molar-refractivity contribution is 0.152. The maximum Gasteiger partial charge on any atom is 0.159 e. The van der Waals surface area contributed by atoms with Crippen molar-refractivity contribution in [1.82, 2.24) is 0 Å². The van der Waals surface area contributed by atoms with Gasteiger partial charge >= 0.3 is 0 Å². The summed E-state index contributed by atoms with van der Waals surface area (Å²) in [5.41, 5.74) is 0.934. The molecule has 0 radical (unpaired) electrons. The minimum Gasteiger partial charge on any atom is -0.204 e. The fourth-order valence-corrected chi connectivity index (χ4v) is 5.10. The maximum atomic E-state index is 13.3. The van der Waals surface area contributed by atoms with Crippen molar-refractivity contribution in [2.45, 2.75) is 71.1 Å². The van der Waals surface area contributed by atoms with Gasteiger partial charge < -0.3 is 0 Å². The molecule has 2 saturated carbocycles. The zero-order valence-electron chi connectivity index (χ0n) is 15.5. The summed E-state index contributed by atoms with van der Waals surface area (Å²) in [4.78, 5) is 0. The molecule has 0 nitrogen and oxygen atoms in total. The van der Waals surface area contributed by atoms with Crippen LogP contribution < -0.4 is 0 Å². The molecular weight excluding hydrogens is 314 g/mol. The molecule has 1 aromatic rings. The van der Waals surface area contributed by atoms with E-state index in [4.69, 9.17) is 0 Å². The van der Waals surface area contributed by atoms with E-state index in [0.717, 1.165) is 42.1 Å². The van der Waals surface area contributed by atoms with Crippen LogP contribution in [0.25, 0.3) is 0 Å². The van der Waals surface area contributed by atoms with E-state index in [1.165, 1.54) is 63.5 Å². The van der Waals surface area contributed by atoms with Gasteiger partial charge in [0.2, 0.25) is 0 Å². The zero-order chi connectivity index (χ0) is 17.6. The predicted octanol–water partition coefficient (Wildman–Crippen LogP) is 7.09. The van der Waals surface area contributed by atoms with Gasteiger partial charge in [-0.2, -0.15) is 0 Å². The molecule has 0 N–H and O–H groups in total. The normalized spacial score (nSPS) is 30.7. The smallest absolute Gasteiger partial charge is 0.159 e. The highest BCUT2D eigenvalue weighted by Crippen LogP contribution is 2.42. The lowest BCUT2D eigenvalue weighted by Gasteiger charge is -2.37. The van der Waals surface area contributed by atoms with E-state index in [1.54, 1.807) is 6.07 Å². The molecule has 3 rings (SSSR count). The van der Waals surface area contributed by atoms with Crippen molar-refractivity contribution in [3.63, 3.8) is 0 Å². The molecule has 2 heteroatoms. The van der Waals surface area contributed by atoms with Gasteiger partial charge in [0, 0.05) is 0 Å². The van der Waals surface area contributed by atoms with Crippen LogP contribution in [0.1, 0.15) is 70.3 Å². The molecule has 0 heterocycles. The molecule has 0 aromatic heterocycles. The quantitative estimate of drug-likeness (QED) is 0.499. The maximum absolute atomic E-state index is 13.3. The minimum absolute atomic E-state index is 0.713. The van der Waals surface area contributed by atoms with Crippen LogP contribution in [0.5, 0.6) is 0 Å². The van der Waals surface area contributed by atoms with Crippen molar-refractivity contribution in [1.29, 1.82) is 0 Å². The van der Waals surface area contributed by atoms with Crippen LogP contribution >= 0.6 is 0 Å². The van der Waals surface area contributed by atoms with Gasteiger partial charge in [0.25, 0.3) is 0 Å². The Morgan fingerprint density at radius 1 is 0.880 bits per heavy atom. The summed E-state index contributed by atoms with van der Waals surface area (Å²) in [7, 11) is 0. The van der Waals surface area contributed by atoms with Gasteiger partial charge in [-0.25, -0.2) is 8.78 Å². The Kier molecular flexibility index (Phi) is 6.67. The van der Waals surface area contributed by atoms with Gasteiger partial charge in [-0.05, 0) is 99.7 Å². The standard InChI is InChI=1S/C23H32F2/c1-2-3-17-6-11-20(12-7-17)21-13-8-18(9-14-21)4-5-19-10-15-22(24)23(25)16-19/h2-3,10,15-18,20-21H,4-9,11-14H2,1H3/t17-,18-,20-,21-. The second kappa shape index (κ2) is 8.96. The number of aryl methyl sites for hydroxylation is 1. The Labute approximate surface area is 151 Å². The van der Waals surface area contributed by atoms with Crippen molar-refractivity contribution >= 4 is 0 Å². The zero-order valence-corrected chi connectivity index (χ0v) is 15.5. The first kappa shape index (κ1) is 18.6. The first-order chi connectivity index (χ1) is 12.2. The van der Waals surface area contributed by atoms with Crippen LogP contribution in [0.4, 0.5) is 8.78 Å². The van der Waals surface area contributed by atoms with Crippen LogP contribution in [-0.4, -0.2) is 0 Å². The molecule has 0 atom stereocenters. The van der Waals surface area contributed by atoms with Crippen LogP contribution in [-0.2, 0) is 6.42 Å². The van der Waals surface area contributed by atoms with Crippen LogP contribution in [0, 0.1) is 35.3 Å². The Morgan fingerprint density at radius 3 is 2.12 bits per heavy atom. The van der Waals surface area contributed by atoms with Crippen molar-refractivity contribution in [2.75, 3.05) is 0 Å². The van der Waals surface area contributed by atoms with E-state index >= 15 is 0 Å². The molecule has 25 heavy (non-hydrogen) atoms. The summed E-state index contributed by atoms with van der Waals surface area (Å²) in [6.45, 7) is 2.13. The first-order valence-electron chi connectivity index (χ1n) is 10.2. The monoisotopic (exact) mass is 346 g/mol. The number of rotatable bonds is 5. The first-order valence-corrected chi connectivity index (χ1v) is 10.2. The van der Waals surface area contributed by atoms with Crippen LogP contribution in [0.2, 0.25) is 0 Å².